The van der Waals surface area contributed by atoms with Crippen molar-refractivity contribution >= 4 is 29.6 Å². The zero-order chi connectivity index (χ0) is 27.6. The number of Topliss-reactive ketones (excluding diaryl/α,β-unsaturated/α-hetero) is 1. The third-order valence-electron chi connectivity index (χ3n) is 4.96. The molecule has 0 N–H and O–H groups in total. The summed E-state index contributed by atoms with van der Waals surface area (Å²) in [6.45, 7) is 11.3. The summed E-state index contributed by atoms with van der Waals surface area (Å²) in [7, 11) is 0. The van der Waals surface area contributed by atoms with E-state index >= 15 is 0 Å². The van der Waals surface area contributed by atoms with Crippen LogP contribution in [-0.2, 0) is 42.7 Å². The molecule has 0 radical (unpaired) electrons. The van der Waals surface area contributed by atoms with Gasteiger partial charge >= 0.3 is 12.1 Å². The smallest absolute Gasteiger partial charge is 0.409 e. The first-order valence-corrected chi connectivity index (χ1v) is 14.2. The van der Waals surface area contributed by atoms with E-state index in [0.29, 0.717) is 77.8 Å². The minimum atomic E-state index is -0.396. The summed E-state index contributed by atoms with van der Waals surface area (Å²) in [6.07, 6.45) is 3.01. The minimum absolute atomic E-state index is 0.0364. The Hall–Kier alpha value is -1.44. The summed E-state index contributed by atoms with van der Waals surface area (Å²) in [6, 6.07) is 0. The van der Waals surface area contributed by atoms with Crippen LogP contribution in [0.2, 0.25) is 0 Å². The lowest BCUT2D eigenvalue weighted by atomic mass is 10.2. The monoisotopic (exact) mass is 553 g/mol. The van der Waals surface area contributed by atoms with Crippen LogP contribution >= 0.6 is 11.8 Å². The molecule has 0 spiro atoms. The van der Waals surface area contributed by atoms with Gasteiger partial charge in [0.1, 0.15) is 19.0 Å². The van der Waals surface area contributed by atoms with Crippen LogP contribution in [-0.4, -0.2) is 127 Å². The molecule has 1 unspecified atom stereocenters. The van der Waals surface area contributed by atoms with Crippen LogP contribution in [0.15, 0.2) is 0 Å². The number of amides is 1. The van der Waals surface area contributed by atoms with Crippen molar-refractivity contribution in [3.63, 3.8) is 0 Å². The van der Waals surface area contributed by atoms with Gasteiger partial charge in [-0.3, -0.25) is 4.79 Å². The predicted octanol–water partition coefficient (Wildman–Crippen LogP) is 2.58. The Morgan fingerprint density at radius 1 is 0.703 bits per heavy atom. The topological polar surface area (TPSA) is 119 Å². The molecule has 0 aromatic carbocycles. The first kappa shape index (κ1) is 35.6. The second kappa shape index (κ2) is 26.2. The summed E-state index contributed by atoms with van der Waals surface area (Å²) in [5.41, 5.74) is 0. The van der Waals surface area contributed by atoms with Gasteiger partial charge in [-0.25, -0.2) is 4.79 Å². The number of rotatable bonds is 26. The highest BCUT2D eigenvalue weighted by Gasteiger charge is 2.13. The number of carbonyl (C=O) groups excluding carboxylic acids is 3. The van der Waals surface area contributed by atoms with Crippen LogP contribution in [0.1, 0.15) is 40.0 Å². The van der Waals surface area contributed by atoms with Crippen LogP contribution in [0, 0.1) is 0 Å². The van der Waals surface area contributed by atoms with Gasteiger partial charge in [0, 0.05) is 24.8 Å². The maximum atomic E-state index is 12.1. The molecule has 0 rings (SSSR count). The highest BCUT2D eigenvalue weighted by atomic mass is 32.2. The number of hydrogen-bond acceptors (Lipinski definition) is 11. The molecule has 218 valence electrons. The van der Waals surface area contributed by atoms with E-state index in [1.165, 1.54) is 6.92 Å². The number of thioether (sulfide) groups is 1. The first-order chi connectivity index (χ1) is 17.9. The molecular weight excluding hydrogens is 506 g/mol. The van der Waals surface area contributed by atoms with E-state index in [0.717, 1.165) is 6.42 Å². The van der Waals surface area contributed by atoms with Crippen molar-refractivity contribution < 1.29 is 47.5 Å². The fourth-order valence-electron chi connectivity index (χ4n) is 2.66. The molecule has 0 aliphatic carbocycles. The Kier molecular flexibility index (Phi) is 25.2. The lowest BCUT2D eigenvalue weighted by Gasteiger charge is -2.21. The molecule has 0 aromatic heterocycles. The molecule has 0 aliphatic rings. The Bertz CT molecular complexity index is 582. The van der Waals surface area contributed by atoms with E-state index < -0.39 is 5.97 Å². The molecule has 11 nitrogen and oxygen atoms in total. The summed E-state index contributed by atoms with van der Waals surface area (Å²) >= 11 is 1.79. The van der Waals surface area contributed by atoms with Crippen molar-refractivity contribution in [3.05, 3.63) is 0 Å². The minimum Gasteiger partial charge on any atom is -0.463 e. The maximum Gasteiger partial charge on any atom is 0.409 e. The van der Waals surface area contributed by atoms with E-state index in [9.17, 15) is 14.4 Å². The fourth-order valence-corrected chi connectivity index (χ4v) is 3.00. The molecule has 12 heteroatoms. The van der Waals surface area contributed by atoms with Gasteiger partial charge < -0.3 is 42.9 Å². The van der Waals surface area contributed by atoms with Gasteiger partial charge in [0.2, 0.25) is 0 Å². The van der Waals surface area contributed by atoms with E-state index in [2.05, 4.69) is 13.2 Å². The Balaban J connectivity index is 3.33. The highest BCUT2D eigenvalue weighted by molar-refractivity contribution is 7.99. The molecule has 1 atom stereocenters. The van der Waals surface area contributed by atoms with Crippen LogP contribution in [0.5, 0.6) is 0 Å². The van der Waals surface area contributed by atoms with Crippen LogP contribution in [0.4, 0.5) is 4.79 Å². The Morgan fingerprint density at radius 3 is 1.54 bits per heavy atom. The Labute approximate surface area is 226 Å². The van der Waals surface area contributed by atoms with Gasteiger partial charge in [-0.2, -0.15) is 11.8 Å². The summed E-state index contributed by atoms with van der Waals surface area (Å²) in [5, 5.41) is 0.512. The number of hydrogen-bond donors (Lipinski definition) is 0. The molecular formula is C25H47NO10S. The molecule has 0 heterocycles. The van der Waals surface area contributed by atoms with E-state index in [1.807, 2.05) is 6.92 Å². The fraction of sp³-hybridized carbons (Fsp3) is 0.880. The SMILES string of the molecule is CCN(CCC(C)SC)C(=O)OCCOCCOCCOCCOCCOCCOC(=O)CCC(C)=O. The molecule has 0 fully saturated rings. The highest BCUT2D eigenvalue weighted by Crippen LogP contribution is 2.10. The maximum absolute atomic E-state index is 12.1. The number of carbonyl (C=O) groups is 3. The van der Waals surface area contributed by atoms with Gasteiger partial charge in [0.15, 0.2) is 0 Å². The standard InChI is InChI=1S/C25H47NO10S/c1-5-26(9-8-23(3)37-4)25(29)36-21-19-34-17-15-32-13-11-30-10-12-31-14-16-33-18-20-35-24(28)7-6-22(2)27/h23H,5-21H2,1-4H3. The lowest BCUT2D eigenvalue weighted by molar-refractivity contribution is -0.146. The number of ketones is 1. The molecule has 0 bridgehead atoms. The van der Waals surface area contributed by atoms with E-state index in [4.69, 9.17) is 33.2 Å². The van der Waals surface area contributed by atoms with Crippen molar-refractivity contribution in [1.82, 2.24) is 4.90 Å². The largest absolute Gasteiger partial charge is 0.463 e. The average Bonchev–Trinajstić information content (AvgIpc) is 2.88. The van der Waals surface area contributed by atoms with E-state index in [-0.39, 0.29) is 44.5 Å². The molecule has 37 heavy (non-hydrogen) atoms. The summed E-state index contributed by atoms with van der Waals surface area (Å²) in [5.74, 6) is -0.432. The number of esters is 1. The normalized spacial score (nSPS) is 11.8. The van der Waals surface area contributed by atoms with Crippen molar-refractivity contribution in [2.75, 3.05) is 98.6 Å². The van der Waals surface area contributed by atoms with Gasteiger partial charge in [-0.15, -0.1) is 0 Å². The van der Waals surface area contributed by atoms with Gasteiger partial charge in [-0.1, -0.05) is 6.92 Å². The summed E-state index contributed by atoms with van der Waals surface area (Å²) in [4.78, 5) is 35.9. The lowest BCUT2D eigenvalue weighted by Crippen LogP contribution is -2.34. The third kappa shape index (κ3) is 24.6. The van der Waals surface area contributed by atoms with Crippen molar-refractivity contribution in [3.8, 4) is 0 Å². The van der Waals surface area contributed by atoms with Crippen LogP contribution < -0.4 is 0 Å². The number of ether oxygens (including phenoxy) is 7. The molecule has 0 saturated carbocycles. The van der Waals surface area contributed by atoms with Crippen molar-refractivity contribution in [2.24, 2.45) is 0 Å². The predicted molar refractivity (Wildman–Crippen MR) is 141 cm³/mol. The quantitative estimate of drug-likeness (QED) is 0.116. The Morgan fingerprint density at radius 2 is 1.14 bits per heavy atom. The van der Waals surface area contributed by atoms with Gasteiger partial charge in [0.05, 0.1) is 72.5 Å². The van der Waals surface area contributed by atoms with Crippen molar-refractivity contribution in [1.29, 1.82) is 0 Å². The first-order valence-electron chi connectivity index (χ1n) is 12.9. The average molecular weight is 554 g/mol. The van der Waals surface area contributed by atoms with Crippen LogP contribution in [0.3, 0.4) is 0 Å². The molecule has 0 saturated heterocycles. The van der Waals surface area contributed by atoms with Gasteiger partial charge in [0.25, 0.3) is 0 Å². The number of nitrogens with zero attached hydrogens (tertiary/aromatic N) is 1. The van der Waals surface area contributed by atoms with Crippen LogP contribution in [0.25, 0.3) is 0 Å². The second-order valence-corrected chi connectivity index (χ2v) is 9.29. The van der Waals surface area contributed by atoms with E-state index in [1.54, 1.807) is 16.7 Å². The second-order valence-electron chi connectivity index (χ2n) is 8.01. The summed E-state index contributed by atoms with van der Waals surface area (Å²) < 4.78 is 37.1. The third-order valence-corrected chi connectivity index (χ3v) is 6.00. The zero-order valence-electron chi connectivity index (χ0n) is 23.0. The van der Waals surface area contributed by atoms with Gasteiger partial charge in [-0.05, 0) is 26.5 Å². The molecule has 1 amide bonds. The molecule has 0 aromatic rings. The van der Waals surface area contributed by atoms with Crippen molar-refractivity contribution in [2.45, 2.75) is 45.3 Å². The molecule has 0 aliphatic heterocycles. The zero-order valence-corrected chi connectivity index (χ0v) is 23.9.